The molecule has 2 aromatic carbocycles. The van der Waals surface area contributed by atoms with Crippen LogP contribution in [-0.4, -0.2) is 12.2 Å². The van der Waals surface area contributed by atoms with Crippen LogP contribution in [0.4, 0.5) is 0 Å². The number of aliphatic hydroxyl groups excluding tert-OH is 1. The van der Waals surface area contributed by atoms with Gasteiger partial charge in [0.2, 0.25) is 0 Å². The van der Waals surface area contributed by atoms with Crippen molar-refractivity contribution in [2.75, 3.05) is 7.11 Å². The van der Waals surface area contributed by atoms with Crippen LogP contribution in [0, 0.1) is 12.3 Å². The van der Waals surface area contributed by atoms with E-state index in [9.17, 15) is 0 Å². The summed E-state index contributed by atoms with van der Waals surface area (Å²) in [6.07, 6.45) is 6.93. The Balaban J connectivity index is 0.000000283. The number of benzene rings is 2. The molecule has 0 radical (unpaired) electrons. The Morgan fingerprint density at radius 1 is 0.944 bits per heavy atom. The first kappa shape index (κ1) is 15.7. The predicted octanol–water partition coefficient (Wildman–Crippen LogP) is 3.61. The monoisotopic (exact) mass is 238 g/mol. The summed E-state index contributed by atoms with van der Waals surface area (Å²) in [5.74, 6) is 2.53. The first-order valence-electron chi connectivity index (χ1n) is 5.50. The second kappa shape index (κ2) is 11.2. The van der Waals surface area contributed by atoms with Crippen LogP contribution in [0.1, 0.15) is 11.1 Å². The van der Waals surface area contributed by atoms with Gasteiger partial charge < -0.3 is 5.11 Å². The minimum Gasteiger partial charge on any atom is -0.400 e. The Bertz CT molecular complexity index is 452. The fourth-order valence-electron chi connectivity index (χ4n) is 1.12. The summed E-state index contributed by atoms with van der Waals surface area (Å²) in [5.41, 5.74) is 2.11. The highest BCUT2D eigenvalue weighted by atomic mass is 16.2. The molecule has 1 heteroatoms. The summed E-state index contributed by atoms with van der Waals surface area (Å²) in [5, 5.41) is 7.00. The summed E-state index contributed by atoms with van der Waals surface area (Å²) >= 11 is 0. The van der Waals surface area contributed by atoms with Gasteiger partial charge in [-0.1, -0.05) is 67.1 Å². The lowest BCUT2D eigenvalue weighted by atomic mass is 10.2. The fourth-order valence-corrected chi connectivity index (χ4v) is 1.12. The van der Waals surface area contributed by atoms with Crippen LogP contribution < -0.4 is 0 Å². The predicted molar refractivity (Wildman–Crippen MR) is 79.1 cm³/mol. The maximum atomic E-state index is 7.00. The molecule has 0 fully saturated rings. The average molecular weight is 238 g/mol. The van der Waals surface area contributed by atoms with Gasteiger partial charge in [-0.05, 0) is 17.7 Å². The highest BCUT2D eigenvalue weighted by molar-refractivity contribution is 5.45. The molecule has 0 heterocycles. The number of hydrogen-bond acceptors (Lipinski definition) is 1. The largest absolute Gasteiger partial charge is 0.400 e. The van der Waals surface area contributed by atoms with Crippen LogP contribution in [0.2, 0.25) is 0 Å². The van der Waals surface area contributed by atoms with Crippen molar-refractivity contribution in [2.24, 2.45) is 0 Å². The summed E-state index contributed by atoms with van der Waals surface area (Å²) in [4.78, 5) is 0. The molecule has 1 nitrogen and oxygen atoms in total. The summed E-state index contributed by atoms with van der Waals surface area (Å²) in [7, 11) is 1.00. The zero-order valence-corrected chi connectivity index (χ0v) is 10.6. The molecule has 18 heavy (non-hydrogen) atoms. The first-order valence-corrected chi connectivity index (χ1v) is 5.50. The molecule has 0 aliphatic heterocycles. The number of aliphatic hydroxyl groups is 1. The normalized spacial score (nSPS) is 7.61. The zero-order chi connectivity index (χ0) is 13.6. The molecule has 2 aromatic rings. The third kappa shape index (κ3) is 7.05. The molecule has 0 atom stereocenters. The van der Waals surface area contributed by atoms with Crippen LogP contribution in [0.25, 0.3) is 6.08 Å². The minimum atomic E-state index is 0.938. The van der Waals surface area contributed by atoms with Crippen molar-refractivity contribution in [3.05, 3.63) is 78.4 Å². The van der Waals surface area contributed by atoms with Gasteiger partial charge in [0.15, 0.2) is 0 Å². The van der Waals surface area contributed by atoms with E-state index in [0.717, 1.165) is 12.7 Å². The van der Waals surface area contributed by atoms with E-state index < -0.39 is 0 Å². The van der Waals surface area contributed by atoms with E-state index in [0.29, 0.717) is 0 Å². The standard InChI is InChI=1S/C8H8.C8H6.CH4O/c2*1-2-8-6-4-3-5-7-8;1-2/h2-7H,1H2;1,3-7H;2H,1H3. The Morgan fingerprint density at radius 3 is 1.67 bits per heavy atom. The van der Waals surface area contributed by atoms with Crippen LogP contribution in [0.3, 0.4) is 0 Å². The molecule has 92 valence electrons. The molecule has 0 unspecified atom stereocenters. The number of rotatable bonds is 1. The lowest BCUT2D eigenvalue weighted by molar-refractivity contribution is 0.399. The second-order valence-corrected chi connectivity index (χ2v) is 3.13. The van der Waals surface area contributed by atoms with Crippen LogP contribution >= 0.6 is 0 Å². The fraction of sp³-hybridized carbons (Fsp3) is 0.0588. The third-order valence-corrected chi connectivity index (χ3v) is 1.98. The van der Waals surface area contributed by atoms with Crippen molar-refractivity contribution in [1.82, 2.24) is 0 Å². The van der Waals surface area contributed by atoms with E-state index in [1.165, 1.54) is 5.56 Å². The Kier molecular flexibility index (Phi) is 9.76. The van der Waals surface area contributed by atoms with Gasteiger partial charge in [-0.25, -0.2) is 0 Å². The number of terminal acetylenes is 1. The maximum absolute atomic E-state index is 7.00. The van der Waals surface area contributed by atoms with E-state index in [1.54, 1.807) is 0 Å². The van der Waals surface area contributed by atoms with Gasteiger partial charge in [0.25, 0.3) is 0 Å². The molecular weight excluding hydrogens is 220 g/mol. The van der Waals surface area contributed by atoms with Gasteiger partial charge in [0.1, 0.15) is 0 Å². The van der Waals surface area contributed by atoms with Crippen molar-refractivity contribution in [1.29, 1.82) is 0 Å². The van der Waals surface area contributed by atoms with Gasteiger partial charge in [0, 0.05) is 12.7 Å². The molecule has 0 bridgehead atoms. The second-order valence-electron chi connectivity index (χ2n) is 3.13. The molecule has 0 saturated heterocycles. The van der Waals surface area contributed by atoms with Crippen molar-refractivity contribution < 1.29 is 5.11 Å². The smallest absolute Gasteiger partial charge is 0.0319 e. The zero-order valence-electron chi connectivity index (χ0n) is 10.6. The molecule has 0 aliphatic carbocycles. The Hall–Kier alpha value is -2.30. The van der Waals surface area contributed by atoms with E-state index in [1.807, 2.05) is 66.7 Å². The molecule has 2 rings (SSSR count). The van der Waals surface area contributed by atoms with Crippen LogP contribution in [0.15, 0.2) is 67.2 Å². The lowest BCUT2D eigenvalue weighted by Gasteiger charge is -1.85. The van der Waals surface area contributed by atoms with Crippen LogP contribution in [0.5, 0.6) is 0 Å². The SMILES string of the molecule is C#Cc1ccccc1.C=Cc1ccccc1.CO. The van der Waals surface area contributed by atoms with E-state index in [-0.39, 0.29) is 0 Å². The quantitative estimate of drug-likeness (QED) is 0.752. The van der Waals surface area contributed by atoms with Gasteiger partial charge in [-0.2, -0.15) is 0 Å². The highest BCUT2D eigenvalue weighted by Crippen LogP contribution is 1.97. The van der Waals surface area contributed by atoms with E-state index in [2.05, 4.69) is 12.5 Å². The lowest BCUT2D eigenvalue weighted by Crippen LogP contribution is -1.66. The van der Waals surface area contributed by atoms with Gasteiger partial charge >= 0.3 is 0 Å². The molecule has 0 amide bonds. The third-order valence-electron chi connectivity index (χ3n) is 1.98. The van der Waals surface area contributed by atoms with Crippen LogP contribution in [-0.2, 0) is 0 Å². The molecule has 0 aromatic heterocycles. The minimum absolute atomic E-state index is 0.938. The van der Waals surface area contributed by atoms with Crippen molar-refractivity contribution >= 4 is 6.08 Å². The van der Waals surface area contributed by atoms with Crippen molar-refractivity contribution in [3.8, 4) is 12.3 Å². The molecule has 0 aliphatic rings. The average Bonchev–Trinajstić information content (AvgIpc) is 2.51. The summed E-state index contributed by atoms with van der Waals surface area (Å²) in [6, 6.07) is 19.6. The Labute approximate surface area is 109 Å². The first-order chi connectivity index (χ1) is 8.86. The summed E-state index contributed by atoms with van der Waals surface area (Å²) < 4.78 is 0. The highest BCUT2D eigenvalue weighted by Gasteiger charge is 1.76. The van der Waals surface area contributed by atoms with Crippen molar-refractivity contribution in [3.63, 3.8) is 0 Å². The molecule has 0 spiro atoms. The topological polar surface area (TPSA) is 20.2 Å². The van der Waals surface area contributed by atoms with Gasteiger partial charge in [0.05, 0.1) is 0 Å². The number of hydrogen-bond donors (Lipinski definition) is 1. The molecule has 0 saturated carbocycles. The van der Waals surface area contributed by atoms with E-state index in [4.69, 9.17) is 11.5 Å². The van der Waals surface area contributed by atoms with E-state index >= 15 is 0 Å². The molecule has 1 N–H and O–H groups in total. The Morgan fingerprint density at radius 2 is 1.39 bits per heavy atom. The molecular formula is C17H18O. The van der Waals surface area contributed by atoms with Gasteiger partial charge in [-0.3, -0.25) is 0 Å². The van der Waals surface area contributed by atoms with Crippen molar-refractivity contribution in [2.45, 2.75) is 0 Å². The van der Waals surface area contributed by atoms with Gasteiger partial charge in [-0.15, -0.1) is 6.42 Å². The summed E-state index contributed by atoms with van der Waals surface area (Å²) in [6.45, 7) is 3.63. The maximum Gasteiger partial charge on any atom is 0.0319 e.